The number of halogens is 1. The van der Waals surface area contributed by atoms with Gasteiger partial charge in [0.1, 0.15) is 11.9 Å². The molecule has 0 unspecified atom stereocenters. The molecule has 1 aliphatic heterocycles. The molecule has 2 heterocycles. The smallest absolute Gasteiger partial charge is 0.318 e. The predicted molar refractivity (Wildman–Crippen MR) is 91.2 cm³/mol. The Balaban J connectivity index is 1.62. The summed E-state index contributed by atoms with van der Waals surface area (Å²) in [6, 6.07) is 5.36. The number of hydrogen-bond donors (Lipinski definition) is 1. The summed E-state index contributed by atoms with van der Waals surface area (Å²) in [5, 5.41) is 6.82. The third kappa shape index (κ3) is 4.35. The van der Waals surface area contributed by atoms with Gasteiger partial charge in [-0.1, -0.05) is 12.1 Å². The van der Waals surface area contributed by atoms with Gasteiger partial charge in [-0.15, -0.1) is 0 Å². The van der Waals surface area contributed by atoms with E-state index < -0.39 is 6.04 Å². The molecule has 1 aromatic heterocycles. The summed E-state index contributed by atoms with van der Waals surface area (Å²) >= 11 is 0. The number of rotatable bonds is 3. The maximum absolute atomic E-state index is 13.0. The van der Waals surface area contributed by atoms with Gasteiger partial charge in [0, 0.05) is 18.7 Å². The first-order chi connectivity index (χ1) is 12.0. The fraction of sp³-hybridized carbons (Fsp3) is 0.500. The molecule has 1 N–H and O–H groups in total. The van der Waals surface area contributed by atoms with Crippen LogP contribution in [0.5, 0.6) is 0 Å². The molecule has 6 nitrogen and oxygen atoms in total. The highest BCUT2D eigenvalue weighted by molar-refractivity contribution is 5.74. The van der Waals surface area contributed by atoms with Crippen molar-refractivity contribution >= 4 is 6.03 Å². The van der Waals surface area contributed by atoms with E-state index in [2.05, 4.69) is 22.4 Å². The van der Waals surface area contributed by atoms with E-state index in [1.54, 1.807) is 19.1 Å². The van der Waals surface area contributed by atoms with Gasteiger partial charge in [0.2, 0.25) is 11.7 Å². The average molecular weight is 346 g/mol. The lowest BCUT2D eigenvalue weighted by Crippen LogP contribution is -2.41. The van der Waals surface area contributed by atoms with E-state index in [0.29, 0.717) is 23.2 Å². The molecule has 7 heteroatoms. The fourth-order valence-electron chi connectivity index (χ4n) is 2.93. The number of carbonyl (C=O) groups excluding carboxylic acids is 1. The molecule has 0 spiro atoms. The number of carbonyl (C=O) groups is 1. The highest BCUT2D eigenvalue weighted by atomic mass is 19.1. The van der Waals surface area contributed by atoms with Crippen LogP contribution in [0.1, 0.15) is 45.0 Å². The van der Waals surface area contributed by atoms with Crippen LogP contribution in [0.25, 0.3) is 11.4 Å². The molecule has 0 bridgehead atoms. The summed E-state index contributed by atoms with van der Waals surface area (Å²) in [5.41, 5.74) is 0.663. The highest BCUT2D eigenvalue weighted by Crippen LogP contribution is 2.20. The molecule has 1 aromatic carbocycles. The summed E-state index contributed by atoms with van der Waals surface area (Å²) < 4.78 is 18.2. The van der Waals surface area contributed by atoms with Crippen LogP contribution in [-0.4, -0.2) is 34.2 Å². The number of nitrogens with one attached hydrogen (secondary N) is 1. The second kappa shape index (κ2) is 7.63. The largest absolute Gasteiger partial charge is 0.337 e. The summed E-state index contributed by atoms with van der Waals surface area (Å²) in [4.78, 5) is 18.6. The molecule has 134 valence electrons. The topological polar surface area (TPSA) is 71.3 Å². The van der Waals surface area contributed by atoms with Crippen molar-refractivity contribution in [1.82, 2.24) is 20.4 Å². The first-order valence-corrected chi connectivity index (χ1v) is 8.68. The van der Waals surface area contributed by atoms with E-state index in [9.17, 15) is 9.18 Å². The van der Waals surface area contributed by atoms with Gasteiger partial charge in [-0.25, -0.2) is 9.18 Å². The number of hydrogen-bond acceptors (Lipinski definition) is 4. The standard InChI is InChI=1S/C18H23FN4O2/c1-12-4-3-10-23(11-9-12)18(24)20-13(2)17-21-16(22-25-17)14-5-7-15(19)8-6-14/h5-8,12-13H,3-4,9-11H2,1-2H3,(H,20,24)/t12-,13-/m0/s1. The number of aromatic nitrogens is 2. The van der Waals surface area contributed by atoms with Crippen LogP contribution in [0.3, 0.4) is 0 Å². The molecule has 0 saturated carbocycles. The summed E-state index contributed by atoms with van der Waals surface area (Å²) in [6.07, 6.45) is 3.21. The van der Waals surface area contributed by atoms with Crippen molar-refractivity contribution in [2.45, 2.75) is 39.2 Å². The molecular weight excluding hydrogens is 323 g/mol. The molecule has 1 aliphatic rings. The van der Waals surface area contributed by atoms with Crippen LogP contribution in [0.15, 0.2) is 28.8 Å². The monoisotopic (exact) mass is 346 g/mol. The van der Waals surface area contributed by atoms with Gasteiger partial charge >= 0.3 is 6.03 Å². The first kappa shape index (κ1) is 17.4. The Labute approximate surface area is 146 Å². The molecule has 25 heavy (non-hydrogen) atoms. The third-order valence-electron chi connectivity index (χ3n) is 4.56. The van der Waals surface area contributed by atoms with Gasteiger partial charge in [-0.05, 0) is 56.4 Å². The summed E-state index contributed by atoms with van der Waals surface area (Å²) in [6.45, 7) is 5.57. The van der Waals surface area contributed by atoms with Crippen LogP contribution in [0, 0.1) is 11.7 Å². The number of benzene rings is 1. The van der Waals surface area contributed by atoms with Gasteiger partial charge < -0.3 is 14.7 Å². The van der Waals surface area contributed by atoms with Crippen LogP contribution < -0.4 is 5.32 Å². The molecule has 2 atom stereocenters. The first-order valence-electron chi connectivity index (χ1n) is 8.68. The minimum absolute atomic E-state index is 0.108. The number of urea groups is 1. The van der Waals surface area contributed by atoms with Gasteiger partial charge in [-0.3, -0.25) is 0 Å². The fourth-order valence-corrected chi connectivity index (χ4v) is 2.93. The molecule has 0 aliphatic carbocycles. The lowest BCUT2D eigenvalue weighted by Gasteiger charge is -2.22. The quantitative estimate of drug-likeness (QED) is 0.918. The average Bonchev–Trinajstić information content (AvgIpc) is 2.98. The minimum atomic E-state index is -0.394. The van der Waals surface area contributed by atoms with Gasteiger partial charge in [0.15, 0.2) is 0 Å². The van der Waals surface area contributed by atoms with Crippen molar-refractivity contribution in [3.05, 3.63) is 36.0 Å². The Bertz CT molecular complexity index is 716. The zero-order chi connectivity index (χ0) is 17.8. The second-order valence-electron chi connectivity index (χ2n) is 6.66. The van der Waals surface area contributed by atoms with E-state index in [-0.39, 0.29) is 11.8 Å². The summed E-state index contributed by atoms with van der Waals surface area (Å²) in [5.74, 6) is 1.04. The molecule has 1 saturated heterocycles. The predicted octanol–water partition coefficient (Wildman–Crippen LogP) is 3.77. The zero-order valence-electron chi connectivity index (χ0n) is 14.5. The molecule has 1 fully saturated rings. The van der Waals surface area contributed by atoms with E-state index >= 15 is 0 Å². The Morgan fingerprint density at radius 3 is 2.84 bits per heavy atom. The van der Waals surface area contributed by atoms with Crippen molar-refractivity contribution in [1.29, 1.82) is 0 Å². The van der Waals surface area contributed by atoms with Crippen LogP contribution >= 0.6 is 0 Å². The Hall–Kier alpha value is -2.44. The molecule has 2 aromatic rings. The highest BCUT2D eigenvalue weighted by Gasteiger charge is 2.22. The Morgan fingerprint density at radius 1 is 1.32 bits per heavy atom. The zero-order valence-corrected chi connectivity index (χ0v) is 14.5. The van der Waals surface area contributed by atoms with E-state index in [1.165, 1.54) is 12.1 Å². The van der Waals surface area contributed by atoms with E-state index in [0.717, 1.165) is 32.4 Å². The number of likely N-dealkylation sites (tertiary alicyclic amines) is 1. The van der Waals surface area contributed by atoms with Crippen LogP contribution in [0.4, 0.5) is 9.18 Å². The van der Waals surface area contributed by atoms with Crippen LogP contribution in [-0.2, 0) is 0 Å². The lowest BCUT2D eigenvalue weighted by molar-refractivity contribution is 0.193. The summed E-state index contributed by atoms with van der Waals surface area (Å²) in [7, 11) is 0. The second-order valence-corrected chi connectivity index (χ2v) is 6.66. The minimum Gasteiger partial charge on any atom is -0.337 e. The van der Waals surface area contributed by atoms with Gasteiger partial charge in [0.25, 0.3) is 0 Å². The lowest BCUT2D eigenvalue weighted by atomic mass is 10.0. The van der Waals surface area contributed by atoms with Gasteiger partial charge in [0.05, 0.1) is 0 Å². The van der Waals surface area contributed by atoms with Crippen molar-refractivity contribution < 1.29 is 13.7 Å². The Morgan fingerprint density at radius 2 is 2.08 bits per heavy atom. The maximum atomic E-state index is 13.0. The molecule has 3 rings (SSSR count). The van der Waals surface area contributed by atoms with Crippen molar-refractivity contribution in [3.63, 3.8) is 0 Å². The molecular formula is C18H23FN4O2. The molecule has 0 radical (unpaired) electrons. The van der Waals surface area contributed by atoms with Crippen molar-refractivity contribution in [2.24, 2.45) is 5.92 Å². The van der Waals surface area contributed by atoms with E-state index in [4.69, 9.17) is 4.52 Å². The number of nitrogens with zero attached hydrogens (tertiary/aromatic N) is 3. The van der Waals surface area contributed by atoms with E-state index in [1.807, 2.05) is 4.90 Å². The van der Waals surface area contributed by atoms with Crippen LogP contribution in [0.2, 0.25) is 0 Å². The SMILES string of the molecule is C[C@H]1CCCN(C(=O)N[C@@H](C)c2nc(-c3ccc(F)cc3)no2)CC1. The van der Waals surface area contributed by atoms with Gasteiger partial charge in [-0.2, -0.15) is 4.98 Å². The molecule has 2 amide bonds. The Kier molecular flexibility index (Phi) is 5.31. The maximum Gasteiger partial charge on any atom is 0.318 e. The third-order valence-corrected chi connectivity index (χ3v) is 4.56. The van der Waals surface area contributed by atoms with Crippen molar-refractivity contribution in [3.8, 4) is 11.4 Å². The normalized spacial score (nSPS) is 19.3. The number of amides is 2. The van der Waals surface area contributed by atoms with Crippen molar-refractivity contribution in [2.75, 3.05) is 13.1 Å².